The molecule has 0 spiro atoms. The molecule has 1 amide bonds. The molecule has 0 bridgehead atoms. The van der Waals surface area contributed by atoms with E-state index >= 15 is 0 Å². The number of nitrogens with one attached hydrogen (secondary N) is 1. The molecule has 0 aliphatic carbocycles. The van der Waals surface area contributed by atoms with Crippen LogP contribution in [0, 0.1) is 5.92 Å². The van der Waals surface area contributed by atoms with Gasteiger partial charge in [-0.2, -0.15) is 0 Å². The summed E-state index contributed by atoms with van der Waals surface area (Å²) in [6.45, 7) is 1.33. The molecule has 1 saturated heterocycles. The number of fused-ring (bicyclic) bond motifs is 1. The first kappa shape index (κ1) is 18.2. The second-order valence-electron chi connectivity index (χ2n) is 6.69. The van der Waals surface area contributed by atoms with E-state index in [1.807, 2.05) is 24.3 Å². The zero-order chi connectivity index (χ0) is 19.5. The van der Waals surface area contributed by atoms with E-state index in [1.54, 1.807) is 25.3 Å². The van der Waals surface area contributed by atoms with Crippen LogP contribution in [0.4, 0.5) is 0 Å². The van der Waals surface area contributed by atoms with Crippen molar-refractivity contribution in [3.05, 3.63) is 53.6 Å². The number of carbonyl (C=O) groups is 2. The van der Waals surface area contributed by atoms with Gasteiger partial charge in [0.25, 0.3) is 0 Å². The lowest BCUT2D eigenvalue weighted by atomic mass is 9.94. The summed E-state index contributed by atoms with van der Waals surface area (Å²) >= 11 is 0. The monoisotopic (exact) mass is 383 g/mol. The molecule has 28 heavy (non-hydrogen) atoms. The number of rotatable bonds is 5. The van der Waals surface area contributed by atoms with Gasteiger partial charge in [0.15, 0.2) is 11.5 Å². The summed E-state index contributed by atoms with van der Waals surface area (Å²) in [6, 6.07) is 12.8. The average Bonchev–Trinajstić information content (AvgIpc) is 3.14. The summed E-state index contributed by atoms with van der Waals surface area (Å²) in [5.41, 5.74) is 1.66. The van der Waals surface area contributed by atoms with E-state index in [2.05, 4.69) is 5.32 Å². The highest BCUT2D eigenvalue weighted by Gasteiger charge is 2.41. The van der Waals surface area contributed by atoms with Gasteiger partial charge in [-0.3, -0.25) is 9.59 Å². The van der Waals surface area contributed by atoms with Crippen LogP contribution in [0.3, 0.4) is 0 Å². The van der Waals surface area contributed by atoms with Gasteiger partial charge >= 0.3 is 5.97 Å². The highest BCUT2D eigenvalue weighted by molar-refractivity contribution is 5.87. The van der Waals surface area contributed by atoms with Gasteiger partial charge in [-0.05, 0) is 35.4 Å². The minimum atomic E-state index is -0.640. The van der Waals surface area contributed by atoms with Crippen LogP contribution in [0.1, 0.15) is 23.7 Å². The fraction of sp³-hybridized carbons (Fsp3) is 0.333. The Hall–Kier alpha value is -3.22. The Morgan fingerprint density at radius 2 is 1.86 bits per heavy atom. The fourth-order valence-electron chi connectivity index (χ4n) is 3.39. The quantitative estimate of drug-likeness (QED) is 0.799. The maximum absolute atomic E-state index is 12.7. The number of cyclic esters (lactones) is 1. The minimum absolute atomic E-state index is 0.0492. The lowest BCUT2D eigenvalue weighted by Crippen LogP contribution is -2.32. The Balaban J connectivity index is 1.46. The van der Waals surface area contributed by atoms with Crippen LogP contribution in [0.2, 0.25) is 0 Å². The van der Waals surface area contributed by atoms with Gasteiger partial charge in [-0.15, -0.1) is 0 Å². The first-order chi connectivity index (χ1) is 13.6. The smallest absolute Gasteiger partial charge is 0.307 e. The average molecular weight is 383 g/mol. The second kappa shape index (κ2) is 7.80. The van der Waals surface area contributed by atoms with E-state index in [0.717, 1.165) is 16.9 Å². The fourth-order valence-corrected chi connectivity index (χ4v) is 3.39. The molecular weight excluding hydrogens is 362 g/mol. The van der Waals surface area contributed by atoms with E-state index in [9.17, 15) is 9.59 Å². The summed E-state index contributed by atoms with van der Waals surface area (Å²) in [5.74, 6) is 0.812. The van der Waals surface area contributed by atoms with Gasteiger partial charge in [0.1, 0.15) is 25.1 Å². The molecule has 2 unspecified atom stereocenters. The standard InChI is InChI=1S/C21H21NO6/c1-25-15-5-2-13(3-6-15)12-22-21(24)16-11-19(23)28-20(16)14-4-7-17-18(10-14)27-9-8-26-17/h2-7,10,16,20H,8-9,11-12H2,1H3,(H,22,24). The maximum atomic E-state index is 12.7. The van der Waals surface area contributed by atoms with Gasteiger partial charge < -0.3 is 24.3 Å². The molecule has 0 aromatic heterocycles. The van der Waals surface area contributed by atoms with E-state index in [1.165, 1.54) is 0 Å². The van der Waals surface area contributed by atoms with Gasteiger partial charge in [-0.25, -0.2) is 0 Å². The molecule has 2 aromatic rings. The van der Waals surface area contributed by atoms with Gasteiger partial charge in [0.2, 0.25) is 5.91 Å². The number of amides is 1. The summed E-state index contributed by atoms with van der Waals surface area (Å²) in [7, 11) is 1.60. The van der Waals surface area contributed by atoms with Crippen molar-refractivity contribution >= 4 is 11.9 Å². The summed E-state index contributed by atoms with van der Waals surface area (Å²) in [6.07, 6.45) is -0.590. The largest absolute Gasteiger partial charge is 0.497 e. The SMILES string of the molecule is COc1ccc(CNC(=O)C2CC(=O)OC2c2ccc3c(c2)OCCO3)cc1. The van der Waals surface area contributed by atoms with Crippen molar-refractivity contribution < 1.29 is 28.5 Å². The molecule has 0 radical (unpaired) electrons. The number of methoxy groups -OCH3 is 1. The van der Waals surface area contributed by atoms with E-state index in [-0.39, 0.29) is 18.3 Å². The normalized spacial score (nSPS) is 20.4. The zero-order valence-electron chi connectivity index (χ0n) is 15.5. The maximum Gasteiger partial charge on any atom is 0.307 e. The lowest BCUT2D eigenvalue weighted by Gasteiger charge is -2.22. The Kier molecular flexibility index (Phi) is 5.06. The Labute approximate surface area is 162 Å². The molecule has 2 atom stereocenters. The third-order valence-electron chi connectivity index (χ3n) is 4.87. The molecule has 0 saturated carbocycles. The Morgan fingerprint density at radius 3 is 2.61 bits per heavy atom. The molecule has 2 aliphatic heterocycles. The van der Waals surface area contributed by atoms with E-state index in [4.69, 9.17) is 18.9 Å². The highest BCUT2D eigenvalue weighted by Crippen LogP contribution is 2.40. The number of carbonyl (C=O) groups excluding carboxylic acids is 2. The number of hydrogen-bond acceptors (Lipinski definition) is 6. The van der Waals surface area contributed by atoms with Gasteiger partial charge in [0.05, 0.1) is 19.4 Å². The van der Waals surface area contributed by atoms with E-state index in [0.29, 0.717) is 31.3 Å². The van der Waals surface area contributed by atoms with Crippen molar-refractivity contribution in [2.24, 2.45) is 5.92 Å². The van der Waals surface area contributed by atoms with Crippen molar-refractivity contribution in [1.82, 2.24) is 5.32 Å². The molecule has 2 aliphatic rings. The number of hydrogen-bond donors (Lipinski definition) is 1. The van der Waals surface area contributed by atoms with Crippen molar-refractivity contribution in [1.29, 1.82) is 0 Å². The van der Waals surface area contributed by atoms with Gasteiger partial charge in [0, 0.05) is 6.54 Å². The first-order valence-electron chi connectivity index (χ1n) is 9.14. The molecule has 7 nitrogen and oxygen atoms in total. The van der Waals surface area contributed by atoms with Crippen LogP contribution in [-0.2, 0) is 20.9 Å². The first-order valence-corrected chi connectivity index (χ1v) is 9.14. The van der Waals surface area contributed by atoms with Crippen molar-refractivity contribution in [2.45, 2.75) is 19.1 Å². The second-order valence-corrected chi connectivity index (χ2v) is 6.69. The predicted octanol–water partition coefficient (Wildman–Crippen LogP) is 2.39. The predicted molar refractivity (Wildman–Crippen MR) is 99.2 cm³/mol. The molecule has 1 fully saturated rings. The van der Waals surface area contributed by atoms with Crippen LogP contribution in [0.5, 0.6) is 17.2 Å². The summed E-state index contributed by atoms with van der Waals surface area (Å²) in [5, 5.41) is 2.89. The zero-order valence-corrected chi connectivity index (χ0v) is 15.5. The molecule has 7 heteroatoms. The van der Waals surface area contributed by atoms with Crippen LogP contribution in [-0.4, -0.2) is 32.2 Å². The Bertz CT molecular complexity index is 879. The third kappa shape index (κ3) is 3.74. The third-order valence-corrected chi connectivity index (χ3v) is 4.87. The highest BCUT2D eigenvalue weighted by atomic mass is 16.6. The molecule has 2 aromatic carbocycles. The van der Waals surface area contributed by atoms with Crippen LogP contribution < -0.4 is 19.5 Å². The molecule has 2 heterocycles. The molecule has 4 rings (SSSR count). The number of benzene rings is 2. The van der Waals surface area contributed by atoms with E-state index < -0.39 is 12.0 Å². The van der Waals surface area contributed by atoms with Crippen molar-refractivity contribution in [3.63, 3.8) is 0 Å². The van der Waals surface area contributed by atoms with Gasteiger partial charge in [-0.1, -0.05) is 18.2 Å². The summed E-state index contributed by atoms with van der Waals surface area (Å²) in [4.78, 5) is 24.6. The molecule has 1 N–H and O–H groups in total. The van der Waals surface area contributed by atoms with Crippen LogP contribution >= 0.6 is 0 Å². The van der Waals surface area contributed by atoms with Crippen molar-refractivity contribution in [3.8, 4) is 17.2 Å². The Morgan fingerprint density at radius 1 is 1.11 bits per heavy atom. The van der Waals surface area contributed by atoms with Crippen LogP contribution in [0.25, 0.3) is 0 Å². The molecular formula is C21H21NO6. The topological polar surface area (TPSA) is 83.1 Å². The summed E-state index contributed by atoms with van der Waals surface area (Å²) < 4.78 is 21.7. The minimum Gasteiger partial charge on any atom is -0.497 e. The lowest BCUT2D eigenvalue weighted by molar-refractivity contribution is -0.141. The number of esters is 1. The number of ether oxygens (including phenoxy) is 4. The van der Waals surface area contributed by atoms with Crippen molar-refractivity contribution in [2.75, 3.05) is 20.3 Å². The molecule has 146 valence electrons. The van der Waals surface area contributed by atoms with Crippen LogP contribution in [0.15, 0.2) is 42.5 Å².